The Kier molecular flexibility index (Phi) is 4.28. The molecule has 0 aromatic heterocycles. The Morgan fingerprint density at radius 1 is 1.11 bits per heavy atom. The second-order valence-electron chi connectivity index (χ2n) is 5.86. The van der Waals surface area contributed by atoms with Gasteiger partial charge in [-0.3, -0.25) is 0 Å². The number of hydrogen-bond acceptors (Lipinski definition) is 2. The van der Waals surface area contributed by atoms with Crippen molar-refractivity contribution in [1.29, 1.82) is 0 Å². The summed E-state index contributed by atoms with van der Waals surface area (Å²) in [5, 5.41) is 0. The molecule has 0 radical (unpaired) electrons. The Bertz CT molecular complexity index is 436. The predicted octanol–water partition coefficient (Wildman–Crippen LogP) is 4.57. The Hall–Kier alpha value is -1.31. The molecule has 1 aliphatic carbocycles. The Morgan fingerprint density at radius 3 is 2.21 bits per heavy atom. The van der Waals surface area contributed by atoms with E-state index in [0.29, 0.717) is 5.56 Å². The van der Waals surface area contributed by atoms with E-state index in [2.05, 4.69) is 13.0 Å². The van der Waals surface area contributed by atoms with Crippen LogP contribution in [-0.2, 0) is 4.74 Å². The highest BCUT2D eigenvalue weighted by atomic mass is 16.6. The molecule has 0 spiro atoms. The number of esters is 1. The largest absolute Gasteiger partial charge is 0.455 e. The molecule has 1 aliphatic rings. The van der Waals surface area contributed by atoms with Crippen molar-refractivity contribution in [3.8, 4) is 0 Å². The minimum Gasteiger partial charge on any atom is -0.455 e. The van der Waals surface area contributed by atoms with Crippen LogP contribution in [-0.4, -0.2) is 11.6 Å². The van der Waals surface area contributed by atoms with Gasteiger partial charge >= 0.3 is 5.97 Å². The molecule has 0 saturated heterocycles. The maximum absolute atomic E-state index is 12.4. The topological polar surface area (TPSA) is 26.3 Å². The molecule has 1 saturated carbocycles. The van der Waals surface area contributed by atoms with Gasteiger partial charge in [0.1, 0.15) is 5.60 Å². The van der Waals surface area contributed by atoms with Gasteiger partial charge in [0.2, 0.25) is 0 Å². The van der Waals surface area contributed by atoms with Gasteiger partial charge in [0, 0.05) is 0 Å². The van der Waals surface area contributed by atoms with Crippen molar-refractivity contribution >= 4 is 5.97 Å². The number of hydrogen-bond donors (Lipinski definition) is 0. The maximum atomic E-state index is 12.4. The summed E-state index contributed by atoms with van der Waals surface area (Å²) in [7, 11) is 0. The van der Waals surface area contributed by atoms with Crippen molar-refractivity contribution in [1.82, 2.24) is 0 Å². The fourth-order valence-corrected chi connectivity index (χ4v) is 3.07. The van der Waals surface area contributed by atoms with Crippen LogP contribution < -0.4 is 0 Å². The third-order valence-corrected chi connectivity index (χ3v) is 4.18. The van der Waals surface area contributed by atoms with Crippen molar-refractivity contribution in [3.63, 3.8) is 0 Å². The van der Waals surface area contributed by atoms with Crippen molar-refractivity contribution in [3.05, 3.63) is 34.9 Å². The van der Waals surface area contributed by atoms with Crippen molar-refractivity contribution < 1.29 is 9.53 Å². The first-order valence-electron chi connectivity index (χ1n) is 7.36. The minimum absolute atomic E-state index is 0.157. The molecule has 0 atom stereocenters. The summed E-state index contributed by atoms with van der Waals surface area (Å²) in [5.41, 5.74) is 2.70. The lowest BCUT2D eigenvalue weighted by Crippen LogP contribution is -2.36. The summed E-state index contributed by atoms with van der Waals surface area (Å²) in [5.74, 6) is -0.157. The zero-order chi connectivity index (χ0) is 13.9. The monoisotopic (exact) mass is 260 g/mol. The van der Waals surface area contributed by atoms with Crippen molar-refractivity contribution in [2.75, 3.05) is 0 Å². The Labute approximate surface area is 116 Å². The molecular weight excluding hydrogens is 236 g/mol. The van der Waals surface area contributed by atoms with Gasteiger partial charge < -0.3 is 4.74 Å². The highest BCUT2D eigenvalue weighted by Gasteiger charge is 2.34. The molecule has 2 nitrogen and oxygen atoms in total. The van der Waals surface area contributed by atoms with Crippen molar-refractivity contribution in [2.24, 2.45) is 0 Å². The van der Waals surface area contributed by atoms with E-state index in [-0.39, 0.29) is 11.6 Å². The molecule has 2 heteroatoms. The number of benzene rings is 1. The first-order valence-corrected chi connectivity index (χ1v) is 7.36. The number of aryl methyl sites for hydroxylation is 2. The normalized spacial score (nSPS) is 18.1. The lowest BCUT2D eigenvalue weighted by molar-refractivity contribution is -0.0397. The van der Waals surface area contributed by atoms with Crippen molar-refractivity contribution in [2.45, 2.75) is 64.9 Å². The molecule has 19 heavy (non-hydrogen) atoms. The van der Waals surface area contributed by atoms with E-state index in [1.54, 1.807) is 0 Å². The summed E-state index contributed by atoms with van der Waals surface area (Å²) in [6.45, 7) is 6.15. The second kappa shape index (κ2) is 5.77. The third kappa shape index (κ3) is 3.37. The second-order valence-corrected chi connectivity index (χ2v) is 5.86. The lowest BCUT2D eigenvalue weighted by atomic mass is 9.82. The molecule has 1 fully saturated rings. The van der Waals surface area contributed by atoms with Gasteiger partial charge in [0.15, 0.2) is 0 Å². The molecule has 0 amide bonds. The highest BCUT2D eigenvalue weighted by molar-refractivity contribution is 5.90. The van der Waals surface area contributed by atoms with Crippen LogP contribution in [0, 0.1) is 13.8 Å². The first-order chi connectivity index (χ1) is 9.04. The third-order valence-electron chi connectivity index (χ3n) is 4.18. The smallest absolute Gasteiger partial charge is 0.338 e. The Balaban J connectivity index is 2.15. The average molecular weight is 260 g/mol. The first kappa shape index (κ1) is 14.1. The standard InChI is InChI=1S/C17H24O2/c1-4-17(8-6-5-7-9-17)19-16(18)15-11-13(2)10-14(3)12-15/h10-12H,4-9H2,1-3H3. The SMILES string of the molecule is CCC1(OC(=O)c2cc(C)cc(C)c2)CCCCC1. The Morgan fingerprint density at radius 2 is 1.68 bits per heavy atom. The highest BCUT2D eigenvalue weighted by Crippen LogP contribution is 2.35. The molecule has 0 N–H and O–H groups in total. The van der Waals surface area contributed by atoms with Crippen LogP contribution in [0.25, 0.3) is 0 Å². The molecular formula is C17H24O2. The number of rotatable bonds is 3. The fraction of sp³-hybridized carbons (Fsp3) is 0.588. The summed E-state index contributed by atoms with van der Waals surface area (Å²) in [4.78, 5) is 12.4. The van der Waals surface area contributed by atoms with Crippen LogP contribution in [0.4, 0.5) is 0 Å². The van der Waals surface area contributed by atoms with Crippen LogP contribution in [0.5, 0.6) is 0 Å². The molecule has 1 aromatic carbocycles. The molecule has 0 aliphatic heterocycles. The number of carbonyl (C=O) groups excluding carboxylic acids is 1. The molecule has 0 unspecified atom stereocenters. The van der Waals surface area contributed by atoms with E-state index in [0.717, 1.165) is 30.4 Å². The van der Waals surface area contributed by atoms with E-state index in [1.165, 1.54) is 19.3 Å². The van der Waals surface area contributed by atoms with Gasteiger partial charge in [-0.05, 0) is 58.1 Å². The van der Waals surface area contributed by atoms with E-state index in [4.69, 9.17) is 4.74 Å². The van der Waals surface area contributed by atoms with Crippen LogP contribution in [0.2, 0.25) is 0 Å². The van der Waals surface area contributed by atoms with E-state index in [1.807, 2.05) is 26.0 Å². The minimum atomic E-state index is -0.215. The fourth-order valence-electron chi connectivity index (χ4n) is 3.07. The number of ether oxygens (including phenoxy) is 1. The summed E-state index contributed by atoms with van der Waals surface area (Å²) >= 11 is 0. The predicted molar refractivity (Wildman–Crippen MR) is 77.4 cm³/mol. The van der Waals surface area contributed by atoms with Gasteiger partial charge in [-0.1, -0.05) is 30.5 Å². The number of carbonyl (C=O) groups is 1. The molecule has 0 bridgehead atoms. The zero-order valence-electron chi connectivity index (χ0n) is 12.3. The van der Waals surface area contributed by atoms with Crippen LogP contribution >= 0.6 is 0 Å². The van der Waals surface area contributed by atoms with Gasteiger partial charge in [0.25, 0.3) is 0 Å². The molecule has 1 aromatic rings. The molecule has 0 heterocycles. The molecule has 2 rings (SSSR count). The average Bonchev–Trinajstić information content (AvgIpc) is 2.38. The zero-order valence-corrected chi connectivity index (χ0v) is 12.3. The van der Waals surface area contributed by atoms with Gasteiger partial charge in [-0.25, -0.2) is 4.79 Å². The summed E-state index contributed by atoms with van der Waals surface area (Å²) in [6.07, 6.45) is 6.56. The van der Waals surface area contributed by atoms with Gasteiger partial charge in [-0.2, -0.15) is 0 Å². The summed E-state index contributed by atoms with van der Waals surface area (Å²) < 4.78 is 5.89. The van der Waals surface area contributed by atoms with Gasteiger partial charge in [-0.15, -0.1) is 0 Å². The van der Waals surface area contributed by atoms with E-state index < -0.39 is 0 Å². The van der Waals surface area contributed by atoms with Crippen LogP contribution in [0.1, 0.15) is 66.9 Å². The summed E-state index contributed by atoms with van der Waals surface area (Å²) in [6, 6.07) is 5.91. The van der Waals surface area contributed by atoms with Crippen LogP contribution in [0.3, 0.4) is 0 Å². The van der Waals surface area contributed by atoms with E-state index in [9.17, 15) is 4.79 Å². The molecule has 104 valence electrons. The van der Waals surface area contributed by atoms with Crippen LogP contribution in [0.15, 0.2) is 18.2 Å². The van der Waals surface area contributed by atoms with E-state index >= 15 is 0 Å². The maximum Gasteiger partial charge on any atom is 0.338 e. The lowest BCUT2D eigenvalue weighted by Gasteiger charge is -2.36. The quantitative estimate of drug-likeness (QED) is 0.744. The van der Waals surface area contributed by atoms with Gasteiger partial charge in [0.05, 0.1) is 5.56 Å².